The first kappa shape index (κ1) is 8.52. The summed E-state index contributed by atoms with van der Waals surface area (Å²) in [5, 5.41) is 0. The summed E-state index contributed by atoms with van der Waals surface area (Å²) in [4.78, 5) is 2.59. The lowest BCUT2D eigenvalue weighted by atomic mass is 9.93. The van der Waals surface area contributed by atoms with Crippen LogP contribution in [0.5, 0.6) is 0 Å². The van der Waals surface area contributed by atoms with Crippen molar-refractivity contribution in [1.29, 1.82) is 0 Å². The van der Waals surface area contributed by atoms with Gasteiger partial charge in [-0.25, -0.2) is 0 Å². The molecule has 2 rings (SSSR count). The first-order valence-corrected chi connectivity index (χ1v) is 5.06. The molecular weight excluding hydrogens is 150 g/mol. The van der Waals surface area contributed by atoms with E-state index in [2.05, 4.69) is 25.7 Å². The molecule has 0 saturated carbocycles. The van der Waals surface area contributed by atoms with Gasteiger partial charge in [0.2, 0.25) is 0 Å². The smallest absolute Gasteiger partial charge is 0.0629 e. The topological polar surface area (TPSA) is 12.5 Å². The van der Waals surface area contributed by atoms with Gasteiger partial charge in [-0.3, -0.25) is 4.90 Å². The summed E-state index contributed by atoms with van der Waals surface area (Å²) in [5.74, 6) is 0.728. The summed E-state index contributed by atoms with van der Waals surface area (Å²) < 4.78 is 5.73. The molecule has 12 heavy (non-hydrogen) atoms. The van der Waals surface area contributed by atoms with E-state index in [-0.39, 0.29) is 0 Å². The van der Waals surface area contributed by atoms with Gasteiger partial charge in [-0.15, -0.1) is 0 Å². The number of fused-ring (bicyclic) bond motifs is 2. The van der Waals surface area contributed by atoms with Crippen molar-refractivity contribution in [1.82, 2.24) is 4.90 Å². The Kier molecular flexibility index (Phi) is 2.13. The highest BCUT2D eigenvalue weighted by atomic mass is 16.5. The second-order valence-electron chi connectivity index (χ2n) is 4.53. The van der Waals surface area contributed by atoms with Crippen LogP contribution in [0.3, 0.4) is 0 Å². The first-order valence-electron chi connectivity index (χ1n) is 5.06. The van der Waals surface area contributed by atoms with Gasteiger partial charge in [0.05, 0.1) is 12.7 Å². The molecule has 0 aromatic rings. The van der Waals surface area contributed by atoms with E-state index < -0.39 is 0 Å². The normalized spacial score (nSPS) is 42.5. The van der Waals surface area contributed by atoms with Gasteiger partial charge in [0.15, 0.2) is 0 Å². The minimum Gasteiger partial charge on any atom is -0.376 e. The fourth-order valence-corrected chi connectivity index (χ4v) is 2.50. The lowest BCUT2D eigenvalue weighted by molar-refractivity contribution is 0.0582. The second-order valence-corrected chi connectivity index (χ2v) is 4.53. The van der Waals surface area contributed by atoms with Crippen molar-refractivity contribution in [3.63, 3.8) is 0 Å². The van der Waals surface area contributed by atoms with E-state index >= 15 is 0 Å². The van der Waals surface area contributed by atoms with Crippen molar-refractivity contribution in [3.05, 3.63) is 0 Å². The van der Waals surface area contributed by atoms with Crippen molar-refractivity contribution in [2.75, 3.05) is 13.2 Å². The molecule has 2 nitrogen and oxygen atoms in total. The molecule has 2 aliphatic heterocycles. The van der Waals surface area contributed by atoms with Crippen LogP contribution in [-0.4, -0.2) is 36.2 Å². The SMILES string of the molecule is CC1CN(C(C)C)C2COC1C2. The monoisotopic (exact) mass is 169 g/mol. The standard InChI is InChI=1S/C10H19NO/c1-7(2)11-5-8(3)10-4-9(11)6-12-10/h7-10H,4-6H2,1-3H3. The summed E-state index contributed by atoms with van der Waals surface area (Å²) in [5.41, 5.74) is 0. The van der Waals surface area contributed by atoms with Crippen molar-refractivity contribution in [2.24, 2.45) is 5.92 Å². The molecule has 70 valence electrons. The molecule has 0 spiro atoms. The summed E-state index contributed by atoms with van der Waals surface area (Å²) in [6, 6.07) is 1.39. The van der Waals surface area contributed by atoms with Crippen LogP contribution in [0.1, 0.15) is 27.2 Å². The third-order valence-electron chi connectivity index (χ3n) is 3.27. The van der Waals surface area contributed by atoms with E-state index in [1.54, 1.807) is 0 Å². The number of hydrogen-bond acceptors (Lipinski definition) is 2. The third-order valence-corrected chi connectivity index (χ3v) is 3.27. The molecule has 3 unspecified atom stereocenters. The maximum absolute atomic E-state index is 5.73. The molecule has 0 amide bonds. The molecule has 0 aromatic heterocycles. The van der Waals surface area contributed by atoms with Crippen LogP contribution >= 0.6 is 0 Å². The van der Waals surface area contributed by atoms with Crippen LogP contribution in [0, 0.1) is 5.92 Å². The van der Waals surface area contributed by atoms with E-state index in [0.29, 0.717) is 18.2 Å². The van der Waals surface area contributed by atoms with E-state index in [9.17, 15) is 0 Å². The minimum absolute atomic E-state index is 0.560. The fraction of sp³-hybridized carbons (Fsp3) is 1.00. The summed E-state index contributed by atoms with van der Waals surface area (Å²) >= 11 is 0. The Morgan fingerprint density at radius 1 is 1.42 bits per heavy atom. The Bertz CT molecular complexity index is 169. The lowest BCUT2D eigenvalue weighted by Gasteiger charge is -2.38. The molecule has 3 atom stereocenters. The molecule has 2 aliphatic rings. The minimum atomic E-state index is 0.560. The Hall–Kier alpha value is -0.0800. The summed E-state index contributed by atoms with van der Waals surface area (Å²) in [7, 11) is 0. The highest BCUT2D eigenvalue weighted by Crippen LogP contribution is 2.31. The second kappa shape index (κ2) is 3.00. The first-order chi connectivity index (χ1) is 5.68. The number of ether oxygens (including phenoxy) is 1. The fourth-order valence-electron chi connectivity index (χ4n) is 2.50. The van der Waals surface area contributed by atoms with Crippen molar-refractivity contribution < 1.29 is 4.74 Å². The van der Waals surface area contributed by atoms with Crippen LogP contribution in [0.15, 0.2) is 0 Å². The Morgan fingerprint density at radius 2 is 2.17 bits per heavy atom. The number of piperidine rings is 1. The number of likely N-dealkylation sites (tertiary alicyclic amines) is 1. The highest BCUT2D eigenvalue weighted by molar-refractivity contribution is 4.92. The zero-order valence-electron chi connectivity index (χ0n) is 8.29. The molecule has 0 aliphatic carbocycles. The van der Waals surface area contributed by atoms with E-state index in [0.717, 1.165) is 12.5 Å². The largest absolute Gasteiger partial charge is 0.376 e. The molecule has 0 radical (unpaired) electrons. The van der Waals surface area contributed by atoms with Gasteiger partial charge in [0, 0.05) is 18.6 Å². The Morgan fingerprint density at radius 3 is 2.83 bits per heavy atom. The molecule has 2 bridgehead atoms. The number of nitrogens with zero attached hydrogens (tertiary/aromatic N) is 1. The molecular formula is C10H19NO. The maximum Gasteiger partial charge on any atom is 0.0629 e. The van der Waals surface area contributed by atoms with E-state index in [4.69, 9.17) is 4.74 Å². The average molecular weight is 169 g/mol. The number of hydrogen-bond donors (Lipinski definition) is 0. The molecule has 2 fully saturated rings. The van der Waals surface area contributed by atoms with Gasteiger partial charge in [-0.05, 0) is 26.2 Å². The molecule has 2 heteroatoms. The van der Waals surface area contributed by atoms with E-state index in [1.165, 1.54) is 13.0 Å². The van der Waals surface area contributed by atoms with Crippen molar-refractivity contribution in [3.8, 4) is 0 Å². The quantitative estimate of drug-likeness (QED) is 0.590. The average Bonchev–Trinajstić information content (AvgIpc) is 2.42. The Labute approximate surface area is 74.9 Å². The van der Waals surface area contributed by atoms with Crippen LogP contribution in [0.4, 0.5) is 0 Å². The van der Waals surface area contributed by atoms with Crippen LogP contribution in [-0.2, 0) is 4.74 Å². The van der Waals surface area contributed by atoms with Crippen LogP contribution in [0.2, 0.25) is 0 Å². The van der Waals surface area contributed by atoms with Crippen LogP contribution in [0.25, 0.3) is 0 Å². The zero-order chi connectivity index (χ0) is 8.72. The predicted octanol–water partition coefficient (Wildman–Crippen LogP) is 1.50. The summed E-state index contributed by atoms with van der Waals surface area (Å²) in [6.45, 7) is 9.07. The lowest BCUT2D eigenvalue weighted by Crippen LogP contribution is -2.47. The van der Waals surface area contributed by atoms with Gasteiger partial charge in [-0.2, -0.15) is 0 Å². The third kappa shape index (κ3) is 1.27. The molecule has 0 aromatic carbocycles. The van der Waals surface area contributed by atoms with Crippen molar-refractivity contribution in [2.45, 2.75) is 45.4 Å². The maximum atomic E-state index is 5.73. The van der Waals surface area contributed by atoms with Gasteiger partial charge in [-0.1, -0.05) is 6.92 Å². The van der Waals surface area contributed by atoms with Gasteiger partial charge < -0.3 is 4.74 Å². The van der Waals surface area contributed by atoms with Gasteiger partial charge >= 0.3 is 0 Å². The molecule has 0 N–H and O–H groups in total. The van der Waals surface area contributed by atoms with Crippen LogP contribution < -0.4 is 0 Å². The van der Waals surface area contributed by atoms with E-state index in [1.807, 2.05) is 0 Å². The van der Waals surface area contributed by atoms with Crippen molar-refractivity contribution >= 4 is 0 Å². The Balaban J connectivity index is 2.07. The predicted molar refractivity (Wildman–Crippen MR) is 49.2 cm³/mol. The number of rotatable bonds is 1. The molecule has 2 saturated heterocycles. The summed E-state index contributed by atoms with van der Waals surface area (Å²) in [6.07, 6.45) is 1.82. The molecule has 2 heterocycles. The van der Waals surface area contributed by atoms with Gasteiger partial charge in [0.1, 0.15) is 0 Å². The van der Waals surface area contributed by atoms with Gasteiger partial charge in [0.25, 0.3) is 0 Å². The highest BCUT2D eigenvalue weighted by Gasteiger charge is 2.40. The zero-order valence-corrected chi connectivity index (χ0v) is 8.29.